The summed E-state index contributed by atoms with van der Waals surface area (Å²) in [5.74, 6) is 1.26. The minimum atomic E-state index is -0.388. The monoisotopic (exact) mass is 492 g/mol. The fraction of sp³-hybridized carbons (Fsp3) is 0.167. The first kappa shape index (κ1) is 24.2. The van der Waals surface area contributed by atoms with E-state index in [4.69, 9.17) is 10.5 Å². The van der Waals surface area contributed by atoms with Gasteiger partial charge in [-0.15, -0.1) is 0 Å². The van der Waals surface area contributed by atoms with Gasteiger partial charge >= 0.3 is 0 Å². The molecule has 2 heterocycles. The van der Waals surface area contributed by atoms with E-state index in [2.05, 4.69) is 10.3 Å². The number of para-hydroxylation sites is 2. The van der Waals surface area contributed by atoms with E-state index in [9.17, 15) is 9.59 Å². The Balaban J connectivity index is 1.23. The minimum Gasteiger partial charge on any atom is -0.457 e. The molecule has 186 valence electrons. The molecule has 5 rings (SSSR count). The highest BCUT2D eigenvalue weighted by molar-refractivity contribution is 6.04. The van der Waals surface area contributed by atoms with Crippen molar-refractivity contribution in [3.05, 3.63) is 120 Å². The number of ether oxygens (including phenoxy) is 1. The molecule has 1 aliphatic heterocycles. The number of nitrogens with one attached hydrogen (secondary N) is 1. The van der Waals surface area contributed by atoms with Gasteiger partial charge in [0.05, 0.1) is 0 Å². The fourth-order valence-electron chi connectivity index (χ4n) is 4.58. The lowest BCUT2D eigenvalue weighted by Crippen LogP contribution is -2.35. The maximum Gasteiger partial charge on any atom is 0.255 e. The molecule has 1 aliphatic rings. The number of rotatable bonds is 7. The molecule has 0 radical (unpaired) electrons. The summed E-state index contributed by atoms with van der Waals surface area (Å²) in [6.45, 7) is 0.355. The number of hydrogen-bond acceptors (Lipinski definition) is 5. The van der Waals surface area contributed by atoms with E-state index < -0.39 is 0 Å². The molecular weight excluding hydrogens is 464 g/mol. The molecule has 1 unspecified atom stereocenters. The van der Waals surface area contributed by atoms with Crippen LogP contribution in [0.2, 0.25) is 0 Å². The van der Waals surface area contributed by atoms with Gasteiger partial charge in [0.1, 0.15) is 11.5 Å². The molecule has 2 amide bonds. The topological polar surface area (TPSA) is 97.5 Å². The maximum absolute atomic E-state index is 13.3. The smallest absolute Gasteiger partial charge is 0.255 e. The standard InChI is InChI=1S/C30H28N4O3/c1-34(19-26(31)20-10-12-21(13-11-20)30(36)33-22-14-16-32-17-15-22)29(35)18-25-23-6-2-4-8-27(23)37-28-9-5-3-7-24(25)28/h2-17,25-26H,18-19,31H2,1H3,(H,32,33,36). The van der Waals surface area contributed by atoms with Crippen LogP contribution in [0.15, 0.2) is 97.3 Å². The summed E-state index contributed by atoms with van der Waals surface area (Å²) in [6.07, 6.45) is 3.55. The summed E-state index contributed by atoms with van der Waals surface area (Å²) in [4.78, 5) is 31.4. The lowest BCUT2D eigenvalue weighted by Gasteiger charge is -2.30. The number of benzene rings is 3. The number of carbonyl (C=O) groups excluding carboxylic acids is 2. The summed E-state index contributed by atoms with van der Waals surface area (Å²) in [6, 6.07) is 25.9. The molecule has 0 bridgehead atoms. The summed E-state index contributed by atoms with van der Waals surface area (Å²) >= 11 is 0. The molecule has 7 nitrogen and oxygen atoms in total. The summed E-state index contributed by atoms with van der Waals surface area (Å²) in [5.41, 5.74) is 10.5. The Bertz CT molecular complexity index is 1360. The van der Waals surface area contributed by atoms with Crippen molar-refractivity contribution in [1.29, 1.82) is 0 Å². The van der Waals surface area contributed by atoms with E-state index >= 15 is 0 Å². The number of pyridine rings is 1. The molecule has 7 heteroatoms. The quantitative estimate of drug-likeness (QED) is 0.373. The van der Waals surface area contributed by atoms with E-state index in [0.29, 0.717) is 24.2 Å². The second kappa shape index (κ2) is 10.6. The Kier molecular flexibility index (Phi) is 6.96. The van der Waals surface area contributed by atoms with Gasteiger partial charge in [-0.05, 0) is 42.0 Å². The Hall–Kier alpha value is -4.49. The highest BCUT2D eigenvalue weighted by atomic mass is 16.5. The second-order valence-electron chi connectivity index (χ2n) is 9.13. The number of fused-ring (bicyclic) bond motifs is 2. The van der Waals surface area contributed by atoms with Crippen molar-refractivity contribution in [2.45, 2.75) is 18.4 Å². The number of anilines is 1. The summed E-state index contributed by atoms with van der Waals surface area (Å²) < 4.78 is 6.06. The van der Waals surface area contributed by atoms with Gasteiger partial charge in [-0.1, -0.05) is 48.5 Å². The molecular formula is C30H28N4O3. The predicted molar refractivity (Wildman–Crippen MR) is 143 cm³/mol. The number of nitrogens with two attached hydrogens (primary N) is 1. The van der Waals surface area contributed by atoms with Gasteiger partial charge in [0, 0.05) is 66.7 Å². The SMILES string of the molecule is CN(CC(N)c1ccc(C(=O)Nc2ccncc2)cc1)C(=O)CC1c2ccccc2Oc2ccccc21. The number of hydrogen-bond donors (Lipinski definition) is 2. The minimum absolute atomic E-state index is 0.000282. The zero-order valence-corrected chi connectivity index (χ0v) is 20.5. The molecule has 0 spiro atoms. The second-order valence-corrected chi connectivity index (χ2v) is 9.13. The molecule has 0 fully saturated rings. The molecule has 4 aromatic rings. The Morgan fingerprint density at radius 1 is 0.919 bits per heavy atom. The van der Waals surface area contributed by atoms with E-state index in [1.54, 1.807) is 48.6 Å². The van der Waals surface area contributed by atoms with Crippen molar-refractivity contribution >= 4 is 17.5 Å². The van der Waals surface area contributed by atoms with Gasteiger partial charge in [0.15, 0.2) is 0 Å². The van der Waals surface area contributed by atoms with Gasteiger partial charge in [-0.3, -0.25) is 14.6 Å². The lowest BCUT2D eigenvalue weighted by atomic mass is 9.85. The van der Waals surface area contributed by atoms with Gasteiger partial charge in [0.25, 0.3) is 5.91 Å². The molecule has 0 saturated carbocycles. The first-order valence-electron chi connectivity index (χ1n) is 12.2. The van der Waals surface area contributed by atoms with Crippen LogP contribution in [0, 0.1) is 0 Å². The third kappa shape index (κ3) is 5.37. The number of aromatic nitrogens is 1. The molecule has 0 saturated heterocycles. The number of amides is 2. The van der Waals surface area contributed by atoms with Crippen molar-refractivity contribution < 1.29 is 14.3 Å². The third-order valence-electron chi connectivity index (χ3n) is 6.62. The zero-order chi connectivity index (χ0) is 25.8. The highest BCUT2D eigenvalue weighted by Crippen LogP contribution is 2.45. The van der Waals surface area contributed by atoms with Crippen molar-refractivity contribution in [3.63, 3.8) is 0 Å². The molecule has 3 N–H and O–H groups in total. The van der Waals surface area contributed by atoms with Gasteiger partial charge in [0.2, 0.25) is 5.91 Å². The average molecular weight is 493 g/mol. The average Bonchev–Trinajstić information content (AvgIpc) is 2.93. The normalized spacial score (nSPS) is 13.0. The van der Waals surface area contributed by atoms with Gasteiger partial charge in [-0.2, -0.15) is 0 Å². The van der Waals surface area contributed by atoms with Crippen LogP contribution in [-0.4, -0.2) is 35.3 Å². The third-order valence-corrected chi connectivity index (χ3v) is 6.62. The molecule has 0 aliphatic carbocycles. The van der Waals surface area contributed by atoms with Crippen LogP contribution in [-0.2, 0) is 4.79 Å². The Labute approximate surface area is 215 Å². The van der Waals surface area contributed by atoms with Crippen molar-refractivity contribution in [3.8, 4) is 11.5 Å². The largest absolute Gasteiger partial charge is 0.457 e. The molecule has 1 aromatic heterocycles. The van der Waals surface area contributed by atoms with Gasteiger partial charge < -0.3 is 20.7 Å². The molecule has 1 atom stereocenters. The number of likely N-dealkylation sites (N-methyl/N-ethyl adjacent to an activating group) is 1. The number of nitrogens with zero attached hydrogens (tertiary/aromatic N) is 2. The molecule has 37 heavy (non-hydrogen) atoms. The molecule has 3 aromatic carbocycles. The predicted octanol–water partition coefficient (Wildman–Crippen LogP) is 5.12. The van der Waals surface area contributed by atoms with Crippen molar-refractivity contribution in [2.75, 3.05) is 18.9 Å². The van der Waals surface area contributed by atoms with Crippen molar-refractivity contribution in [2.24, 2.45) is 5.73 Å². The van der Waals surface area contributed by atoms with Crippen LogP contribution in [0.4, 0.5) is 5.69 Å². The van der Waals surface area contributed by atoms with Crippen LogP contribution in [0.25, 0.3) is 0 Å². The zero-order valence-electron chi connectivity index (χ0n) is 20.5. The highest BCUT2D eigenvalue weighted by Gasteiger charge is 2.30. The fourth-order valence-corrected chi connectivity index (χ4v) is 4.58. The van der Waals surface area contributed by atoms with E-state index in [1.807, 2.05) is 60.7 Å². The van der Waals surface area contributed by atoms with E-state index in [-0.39, 0.29) is 23.8 Å². The summed E-state index contributed by atoms with van der Waals surface area (Å²) in [5, 5.41) is 2.84. The van der Waals surface area contributed by atoms with Crippen LogP contribution < -0.4 is 15.8 Å². The van der Waals surface area contributed by atoms with E-state index in [1.165, 1.54) is 0 Å². The van der Waals surface area contributed by atoms with Gasteiger partial charge in [-0.25, -0.2) is 0 Å². The van der Waals surface area contributed by atoms with Crippen LogP contribution in [0.3, 0.4) is 0 Å². The van der Waals surface area contributed by atoms with Crippen molar-refractivity contribution in [1.82, 2.24) is 9.88 Å². The number of carbonyl (C=O) groups is 2. The summed E-state index contributed by atoms with van der Waals surface area (Å²) in [7, 11) is 1.77. The van der Waals surface area contributed by atoms with E-state index in [0.717, 1.165) is 28.2 Å². The first-order valence-corrected chi connectivity index (χ1v) is 12.2. The van der Waals surface area contributed by atoms with Crippen LogP contribution in [0.5, 0.6) is 11.5 Å². The Morgan fingerprint density at radius 2 is 1.51 bits per heavy atom. The lowest BCUT2D eigenvalue weighted by molar-refractivity contribution is -0.130. The van der Waals surface area contributed by atoms with Crippen LogP contribution in [0.1, 0.15) is 45.4 Å². The maximum atomic E-state index is 13.3. The first-order chi connectivity index (χ1) is 18.0. The Morgan fingerprint density at radius 3 is 2.14 bits per heavy atom. The van der Waals surface area contributed by atoms with Crippen LogP contribution >= 0.6 is 0 Å².